The molecular formula is C15H22N4O2. The van der Waals surface area contributed by atoms with Crippen LogP contribution >= 0.6 is 0 Å². The number of amides is 1. The summed E-state index contributed by atoms with van der Waals surface area (Å²) in [5.74, 6) is 1.93. The van der Waals surface area contributed by atoms with Crippen LogP contribution in [0.5, 0.6) is 0 Å². The third-order valence-corrected chi connectivity index (χ3v) is 4.01. The average molecular weight is 290 g/mol. The molecule has 1 aromatic heterocycles. The lowest BCUT2D eigenvalue weighted by Gasteiger charge is -2.26. The number of likely N-dealkylation sites (tertiary alicyclic amines) is 1. The Morgan fingerprint density at radius 3 is 2.38 bits per heavy atom. The van der Waals surface area contributed by atoms with Crippen LogP contribution in [-0.4, -0.2) is 52.7 Å². The van der Waals surface area contributed by atoms with E-state index < -0.39 is 5.60 Å². The summed E-state index contributed by atoms with van der Waals surface area (Å²) in [7, 11) is 0. The molecule has 2 atom stereocenters. The molecule has 0 bridgehead atoms. The van der Waals surface area contributed by atoms with Crippen LogP contribution in [0.4, 0.5) is 10.6 Å². The summed E-state index contributed by atoms with van der Waals surface area (Å²) in [5, 5.41) is 0. The van der Waals surface area contributed by atoms with Crippen LogP contribution in [0, 0.1) is 11.8 Å². The summed E-state index contributed by atoms with van der Waals surface area (Å²) in [6.07, 6.45) is 5.01. The molecule has 0 aliphatic carbocycles. The number of ether oxygens (including phenoxy) is 1. The van der Waals surface area contributed by atoms with Crippen molar-refractivity contribution in [3.8, 4) is 0 Å². The number of carbonyl (C=O) groups is 1. The summed E-state index contributed by atoms with van der Waals surface area (Å²) in [6.45, 7) is 9.12. The van der Waals surface area contributed by atoms with Gasteiger partial charge in [-0.3, -0.25) is 4.98 Å². The minimum atomic E-state index is -0.430. The van der Waals surface area contributed by atoms with Gasteiger partial charge >= 0.3 is 6.09 Å². The predicted molar refractivity (Wildman–Crippen MR) is 79.0 cm³/mol. The molecule has 2 saturated heterocycles. The Hall–Kier alpha value is -1.85. The molecule has 114 valence electrons. The molecule has 1 amide bonds. The second-order valence-corrected chi connectivity index (χ2v) is 6.87. The summed E-state index contributed by atoms with van der Waals surface area (Å²) < 4.78 is 5.45. The zero-order valence-corrected chi connectivity index (χ0v) is 12.8. The Morgan fingerprint density at radius 2 is 1.86 bits per heavy atom. The van der Waals surface area contributed by atoms with Crippen molar-refractivity contribution in [3.05, 3.63) is 18.6 Å². The number of hydrogen-bond acceptors (Lipinski definition) is 5. The molecule has 2 fully saturated rings. The van der Waals surface area contributed by atoms with Crippen molar-refractivity contribution in [1.29, 1.82) is 0 Å². The number of fused-ring (bicyclic) bond motifs is 1. The highest BCUT2D eigenvalue weighted by Gasteiger charge is 2.43. The minimum absolute atomic E-state index is 0.192. The van der Waals surface area contributed by atoms with E-state index >= 15 is 0 Å². The zero-order chi connectivity index (χ0) is 15.0. The van der Waals surface area contributed by atoms with E-state index in [1.165, 1.54) is 0 Å². The zero-order valence-electron chi connectivity index (χ0n) is 12.8. The molecule has 2 aliphatic rings. The summed E-state index contributed by atoms with van der Waals surface area (Å²) >= 11 is 0. The highest BCUT2D eigenvalue weighted by molar-refractivity contribution is 5.68. The molecule has 0 radical (unpaired) electrons. The second-order valence-electron chi connectivity index (χ2n) is 6.87. The molecule has 21 heavy (non-hydrogen) atoms. The SMILES string of the molecule is CC(C)(C)OC(=O)N1C[C@@H]2CN(c3cnccn3)C[C@@H]2C1. The maximum atomic E-state index is 12.1. The molecule has 2 aliphatic heterocycles. The monoisotopic (exact) mass is 290 g/mol. The molecule has 3 rings (SSSR count). The first-order valence-electron chi connectivity index (χ1n) is 7.41. The molecule has 0 spiro atoms. The van der Waals surface area contributed by atoms with Gasteiger partial charge < -0.3 is 14.5 Å². The van der Waals surface area contributed by atoms with Gasteiger partial charge in [0.05, 0.1) is 6.20 Å². The molecule has 0 unspecified atom stereocenters. The fourth-order valence-electron chi connectivity index (χ4n) is 3.11. The topological polar surface area (TPSA) is 58.6 Å². The second kappa shape index (κ2) is 5.16. The Kier molecular flexibility index (Phi) is 3.47. The average Bonchev–Trinajstić information content (AvgIpc) is 2.95. The molecule has 0 saturated carbocycles. The number of carbonyl (C=O) groups excluding carboxylic acids is 1. The third-order valence-electron chi connectivity index (χ3n) is 4.01. The van der Waals surface area contributed by atoms with Gasteiger partial charge in [0.25, 0.3) is 0 Å². The van der Waals surface area contributed by atoms with Gasteiger partial charge in [0, 0.05) is 50.4 Å². The van der Waals surface area contributed by atoms with Crippen LogP contribution in [0.1, 0.15) is 20.8 Å². The number of nitrogens with zero attached hydrogens (tertiary/aromatic N) is 4. The number of anilines is 1. The number of hydrogen-bond donors (Lipinski definition) is 0. The molecule has 6 heteroatoms. The first-order chi connectivity index (χ1) is 9.92. The van der Waals surface area contributed by atoms with Crippen molar-refractivity contribution in [2.75, 3.05) is 31.1 Å². The van der Waals surface area contributed by atoms with Crippen molar-refractivity contribution >= 4 is 11.9 Å². The van der Waals surface area contributed by atoms with E-state index in [0.717, 1.165) is 32.0 Å². The van der Waals surface area contributed by atoms with Crippen molar-refractivity contribution in [2.45, 2.75) is 26.4 Å². The van der Waals surface area contributed by atoms with Crippen LogP contribution in [0.3, 0.4) is 0 Å². The Labute approximate surface area is 125 Å². The normalized spacial score (nSPS) is 25.1. The molecule has 0 N–H and O–H groups in total. The van der Waals surface area contributed by atoms with Gasteiger partial charge in [0.1, 0.15) is 11.4 Å². The molecule has 0 aromatic carbocycles. The van der Waals surface area contributed by atoms with E-state index in [0.29, 0.717) is 11.8 Å². The maximum Gasteiger partial charge on any atom is 0.410 e. The lowest BCUT2D eigenvalue weighted by Crippen LogP contribution is -2.37. The maximum absolute atomic E-state index is 12.1. The van der Waals surface area contributed by atoms with Gasteiger partial charge in [-0.15, -0.1) is 0 Å². The van der Waals surface area contributed by atoms with E-state index in [9.17, 15) is 4.79 Å². The number of aromatic nitrogens is 2. The lowest BCUT2D eigenvalue weighted by atomic mass is 10.0. The van der Waals surface area contributed by atoms with Gasteiger partial charge in [0.2, 0.25) is 0 Å². The van der Waals surface area contributed by atoms with E-state index in [-0.39, 0.29) is 6.09 Å². The van der Waals surface area contributed by atoms with Gasteiger partial charge in [-0.2, -0.15) is 0 Å². The molecular weight excluding hydrogens is 268 g/mol. The fraction of sp³-hybridized carbons (Fsp3) is 0.667. The number of rotatable bonds is 1. The molecule has 1 aromatic rings. The first kappa shape index (κ1) is 14.1. The standard InChI is InChI=1S/C15H22N4O2/c1-15(2,3)21-14(20)19-9-11-7-18(8-12(11)10-19)13-6-16-4-5-17-13/h4-6,11-12H,7-10H2,1-3H3/t11-,12+. The quantitative estimate of drug-likeness (QED) is 0.789. The van der Waals surface area contributed by atoms with Gasteiger partial charge in [0.15, 0.2) is 0 Å². The molecule has 6 nitrogen and oxygen atoms in total. The summed E-state index contributed by atoms with van der Waals surface area (Å²) in [6, 6.07) is 0. The first-order valence-corrected chi connectivity index (χ1v) is 7.41. The van der Waals surface area contributed by atoms with Crippen molar-refractivity contribution in [1.82, 2.24) is 14.9 Å². The van der Waals surface area contributed by atoms with E-state index in [4.69, 9.17) is 4.74 Å². The van der Waals surface area contributed by atoms with Crippen molar-refractivity contribution < 1.29 is 9.53 Å². The smallest absolute Gasteiger partial charge is 0.410 e. The summed E-state index contributed by atoms with van der Waals surface area (Å²) in [4.78, 5) is 24.7. The van der Waals surface area contributed by atoms with Crippen molar-refractivity contribution in [2.24, 2.45) is 11.8 Å². The minimum Gasteiger partial charge on any atom is -0.444 e. The van der Waals surface area contributed by atoms with Gasteiger partial charge in [-0.25, -0.2) is 9.78 Å². The largest absolute Gasteiger partial charge is 0.444 e. The van der Waals surface area contributed by atoms with Gasteiger partial charge in [-0.1, -0.05) is 0 Å². The van der Waals surface area contributed by atoms with E-state index in [2.05, 4.69) is 14.9 Å². The highest BCUT2D eigenvalue weighted by atomic mass is 16.6. The van der Waals surface area contributed by atoms with Crippen LogP contribution in [0.2, 0.25) is 0 Å². The van der Waals surface area contributed by atoms with Crippen LogP contribution < -0.4 is 4.90 Å². The summed E-state index contributed by atoms with van der Waals surface area (Å²) in [5.41, 5.74) is -0.430. The Morgan fingerprint density at radius 1 is 1.19 bits per heavy atom. The van der Waals surface area contributed by atoms with Crippen LogP contribution in [-0.2, 0) is 4.74 Å². The third kappa shape index (κ3) is 3.09. The van der Waals surface area contributed by atoms with E-state index in [1.54, 1.807) is 18.6 Å². The highest BCUT2D eigenvalue weighted by Crippen LogP contribution is 2.33. The fourth-order valence-corrected chi connectivity index (χ4v) is 3.11. The molecule has 3 heterocycles. The van der Waals surface area contributed by atoms with Crippen molar-refractivity contribution in [3.63, 3.8) is 0 Å². The Balaban J connectivity index is 1.58. The predicted octanol–water partition coefficient (Wildman–Crippen LogP) is 1.78. The van der Waals surface area contributed by atoms with E-state index in [1.807, 2.05) is 25.7 Å². The lowest BCUT2D eigenvalue weighted by molar-refractivity contribution is 0.0282. The van der Waals surface area contributed by atoms with Crippen LogP contribution in [0.15, 0.2) is 18.6 Å². The van der Waals surface area contributed by atoms with Crippen LogP contribution in [0.25, 0.3) is 0 Å². The Bertz CT molecular complexity index is 500. The van der Waals surface area contributed by atoms with Gasteiger partial charge in [-0.05, 0) is 20.8 Å².